The number of hydrogen-bond acceptors (Lipinski definition) is 5. The van der Waals surface area contributed by atoms with Crippen LogP contribution in [-0.2, 0) is 4.74 Å². The predicted molar refractivity (Wildman–Crippen MR) is 133 cm³/mol. The van der Waals surface area contributed by atoms with Gasteiger partial charge in [-0.2, -0.15) is 0 Å². The zero-order chi connectivity index (χ0) is 24.0. The summed E-state index contributed by atoms with van der Waals surface area (Å²) in [5.74, 6) is 7.92. The van der Waals surface area contributed by atoms with Crippen LogP contribution in [0.25, 0.3) is 0 Å². The number of allylic oxidation sites excluding steroid dienone is 5. The van der Waals surface area contributed by atoms with Gasteiger partial charge in [-0.3, -0.25) is 0 Å². The second kappa shape index (κ2) is 15.7. The number of ether oxygens (including phenoxy) is 1. The van der Waals surface area contributed by atoms with Gasteiger partial charge in [-0.25, -0.2) is 0 Å². The van der Waals surface area contributed by atoms with E-state index in [-0.39, 0.29) is 5.92 Å². The van der Waals surface area contributed by atoms with Crippen molar-refractivity contribution in [1.82, 2.24) is 4.67 Å². The highest BCUT2D eigenvalue weighted by atomic mass is 31.0. The molecule has 0 aliphatic carbocycles. The summed E-state index contributed by atoms with van der Waals surface area (Å²) in [7, 11) is 4.64. The minimum absolute atomic E-state index is 0.128. The Morgan fingerprint density at radius 2 is 1.87 bits per heavy atom. The van der Waals surface area contributed by atoms with Crippen LogP contribution >= 0.6 is 9.39 Å². The van der Waals surface area contributed by atoms with E-state index >= 15 is 0 Å². The first-order valence-electron chi connectivity index (χ1n) is 11.0. The molecule has 0 aromatic rings. The van der Waals surface area contributed by atoms with Gasteiger partial charge in [0.2, 0.25) is 0 Å². The molecule has 0 radical (unpaired) electrons. The molecule has 0 heterocycles. The largest absolute Gasteiger partial charge is 0.393 e. The van der Waals surface area contributed by atoms with Crippen LogP contribution in [0.4, 0.5) is 0 Å². The van der Waals surface area contributed by atoms with Crippen LogP contribution in [0.5, 0.6) is 0 Å². The summed E-state index contributed by atoms with van der Waals surface area (Å²) >= 11 is 0. The lowest BCUT2D eigenvalue weighted by atomic mass is 9.78. The molecular formula is C25H40N3O2P. The van der Waals surface area contributed by atoms with Crippen molar-refractivity contribution >= 4 is 9.39 Å². The number of nitrogens with zero attached hydrogens (tertiary/aromatic N) is 3. The molecule has 31 heavy (non-hydrogen) atoms. The summed E-state index contributed by atoms with van der Waals surface area (Å²) in [6.45, 7) is 14.5. The van der Waals surface area contributed by atoms with E-state index in [1.54, 1.807) is 13.2 Å². The molecule has 172 valence electrons. The van der Waals surface area contributed by atoms with Crippen molar-refractivity contribution in [1.29, 1.82) is 5.26 Å². The maximum Gasteiger partial charge on any atom is 0.291 e. The molecule has 6 heteroatoms. The fourth-order valence-corrected chi connectivity index (χ4v) is 4.03. The summed E-state index contributed by atoms with van der Waals surface area (Å²) in [5.41, 5.74) is 2.69. The molecule has 0 rings (SSSR count). The standard InChI is InChI=1S/C25H40N3O2P/c1-9-11-12-13-24(27-29)19(4)15-14-18(3)21(6)20(5)16-23(22(7)30-17-26)25(10-2)28(8)31/h10,13,18-21H,12,14-16,31H2,1-8H3/b23-22+,24-13+,25-10+/t18-,19-,20?,21-/m0/s1. The number of rotatable bonds is 13. The quantitative estimate of drug-likeness (QED) is 0.0753. The third kappa shape index (κ3) is 10.2. The highest BCUT2D eigenvalue weighted by Gasteiger charge is 2.24. The maximum atomic E-state index is 11.2. The predicted octanol–water partition coefficient (Wildman–Crippen LogP) is 7.16. The molecule has 0 N–H and O–H groups in total. The van der Waals surface area contributed by atoms with Crippen molar-refractivity contribution < 1.29 is 4.74 Å². The van der Waals surface area contributed by atoms with Gasteiger partial charge < -0.3 is 9.41 Å². The summed E-state index contributed by atoms with van der Waals surface area (Å²) < 4.78 is 7.17. The highest BCUT2D eigenvalue weighted by molar-refractivity contribution is 7.13. The monoisotopic (exact) mass is 445 g/mol. The van der Waals surface area contributed by atoms with Gasteiger partial charge in [0, 0.05) is 30.7 Å². The summed E-state index contributed by atoms with van der Waals surface area (Å²) in [6.07, 6.45) is 9.02. The van der Waals surface area contributed by atoms with Gasteiger partial charge in [0.15, 0.2) is 0 Å². The molecule has 0 spiro atoms. The van der Waals surface area contributed by atoms with Gasteiger partial charge in [-0.15, -0.1) is 16.1 Å². The Kier molecular flexibility index (Phi) is 14.6. The Morgan fingerprint density at radius 1 is 1.23 bits per heavy atom. The van der Waals surface area contributed by atoms with Gasteiger partial charge in [0.25, 0.3) is 6.26 Å². The average molecular weight is 446 g/mol. The molecule has 0 bridgehead atoms. The summed E-state index contributed by atoms with van der Waals surface area (Å²) in [5, 5.41) is 12.2. The van der Waals surface area contributed by atoms with E-state index in [0.717, 1.165) is 30.5 Å². The summed E-state index contributed by atoms with van der Waals surface area (Å²) in [4.78, 5) is 11.2. The Hall–Kier alpha value is -2.10. The third-order valence-corrected chi connectivity index (χ3v) is 6.44. The lowest BCUT2D eigenvalue weighted by Gasteiger charge is -2.30. The van der Waals surface area contributed by atoms with E-state index in [9.17, 15) is 4.91 Å². The van der Waals surface area contributed by atoms with Gasteiger partial charge in [0.1, 0.15) is 5.76 Å². The number of nitriles is 1. The molecule has 0 saturated carbocycles. The van der Waals surface area contributed by atoms with E-state index in [4.69, 9.17) is 10.00 Å². The van der Waals surface area contributed by atoms with Crippen LogP contribution in [0.2, 0.25) is 0 Å². The highest BCUT2D eigenvalue weighted by Crippen LogP contribution is 2.34. The minimum atomic E-state index is 0.128. The Morgan fingerprint density at radius 3 is 2.35 bits per heavy atom. The van der Waals surface area contributed by atoms with E-state index < -0.39 is 0 Å². The molecule has 2 unspecified atom stereocenters. The molecule has 5 nitrogen and oxygen atoms in total. The first-order valence-corrected chi connectivity index (χ1v) is 11.5. The number of hydrogen-bond donors (Lipinski definition) is 0. The summed E-state index contributed by atoms with van der Waals surface area (Å²) in [6, 6.07) is 0. The van der Waals surface area contributed by atoms with Crippen molar-refractivity contribution in [3.63, 3.8) is 0 Å². The molecule has 0 saturated heterocycles. The van der Waals surface area contributed by atoms with Crippen molar-refractivity contribution in [2.75, 3.05) is 7.05 Å². The van der Waals surface area contributed by atoms with Crippen LogP contribution in [0.1, 0.15) is 74.1 Å². The van der Waals surface area contributed by atoms with Gasteiger partial charge in [-0.1, -0.05) is 39.7 Å². The van der Waals surface area contributed by atoms with Crippen molar-refractivity contribution in [2.24, 2.45) is 28.8 Å². The molecule has 0 fully saturated rings. The topological polar surface area (TPSA) is 65.7 Å². The van der Waals surface area contributed by atoms with E-state index in [1.165, 1.54) is 0 Å². The smallest absolute Gasteiger partial charge is 0.291 e. The Labute approximate surface area is 192 Å². The number of nitroso groups, excluding NO2 is 1. The van der Waals surface area contributed by atoms with Crippen LogP contribution in [0, 0.1) is 51.9 Å². The molecule has 0 aromatic carbocycles. The van der Waals surface area contributed by atoms with E-state index in [2.05, 4.69) is 54.1 Å². The van der Waals surface area contributed by atoms with Gasteiger partial charge >= 0.3 is 0 Å². The van der Waals surface area contributed by atoms with E-state index in [0.29, 0.717) is 35.6 Å². The molecular weight excluding hydrogens is 405 g/mol. The van der Waals surface area contributed by atoms with Crippen molar-refractivity contribution in [2.45, 2.75) is 74.1 Å². The SMILES string of the molecule is CC#CC/C=C(/N=O)[C@@H](C)CC[C@H](C)[C@H](C)C(C)CC(/C(=C\C)N(C)P)=C(/C)OC#N. The van der Waals surface area contributed by atoms with Gasteiger partial charge in [0.05, 0.1) is 5.70 Å². The van der Waals surface area contributed by atoms with Gasteiger partial charge in [-0.05, 0) is 78.4 Å². The van der Waals surface area contributed by atoms with Crippen molar-refractivity contribution in [3.05, 3.63) is 39.8 Å². The minimum Gasteiger partial charge on any atom is -0.393 e. The molecule has 0 amide bonds. The fourth-order valence-electron chi connectivity index (χ4n) is 3.73. The number of likely N-dealkylation sites (N-methyl/N-ethyl adjacent to an activating group) is 1. The van der Waals surface area contributed by atoms with Crippen LogP contribution in [0.3, 0.4) is 0 Å². The molecule has 0 aliphatic rings. The molecule has 5 atom stereocenters. The molecule has 0 aromatic heterocycles. The first kappa shape index (κ1) is 28.9. The van der Waals surface area contributed by atoms with Crippen molar-refractivity contribution in [3.8, 4) is 18.1 Å². The second-order valence-corrected chi connectivity index (χ2v) is 9.13. The lowest BCUT2D eigenvalue weighted by molar-refractivity contribution is 0.251. The lowest BCUT2D eigenvalue weighted by Crippen LogP contribution is -2.20. The second-order valence-electron chi connectivity index (χ2n) is 8.36. The maximum absolute atomic E-state index is 11.2. The fraction of sp³-hybridized carbons (Fsp3) is 0.640. The molecule has 0 aliphatic heterocycles. The van der Waals surface area contributed by atoms with Crippen LogP contribution < -0.4 is 0 Å². The average Bonchev–Trinajstić information content (AvgIpc) is 2.73. The first-order chi connectivity index (χ1) is 14.6. The zero-order valence-corrected chi connectivity index (χ0v) is 21.7. The van der Waals surface area contributed by atoms with Crippen LogP contribution in [0.15, 0.2) is 40.1 Å². The van der Waals surface area contributed by atoms with E-state index in [1.807, 2.05) is 37.7 Å². The van der Waals surface area contributed by atoms with Crippen LogP contribution in [-0.4, -0.2) is 11.7 Å². The Balaban J connectivity index is 5.22. The zero-order valence-electron chi connectivity index (χ0n) is 20.5. The normalized spacial score (nSPS) is 16.6. The third-order valence-electron chi connectivity index (χ3n) is 6.16. The Bertz CT molecular complexity index is 766.